The second kappa shape index (κ2) is 10.9. The molecule has 0 N–H and O–H groups in total. The molecule has 1 aliphatic rings. The summed E-state index contributed by atoms with van der Waals surface area (Å²) in [5.41, 5.74) is 14.9. The van der Waals surface area contributed by atoms with Crippen LogP contribution in [-0.2, 0) is 0 Å². The lowest BCUT2D eigenvalue weighted by Crippen LogP contribution is -2.06. The normalized spacial score (nSPS) is 12.5. The summed E-state index contributed by atoms with van der Waals surface area (Å²) in [6, 6.07) is 63.0. The van der Waals surface area contributed by atoms with Crippen LogP contribution in [0.1, 0.15) is 0 Å². The van der Waals surface area contributed by atoms with Gasteiger partial charge in [0.15, 0.2) is 11.4 Å². The second-order valence-corrected chi connectivity index (χ2v) is 15.3. The number of aromatic nitrogens is 5. The van der Waals surface area contributed by atoms with Crippen molar-refractivity contribution in [1.82, 2.24) is 23.7 Å². The van der Waals surface area contributed by atoms with Crippen LogP contribution in [0, 0.1) is 0 Å². The van der Waals surface area contributed by atoms with Crippen molar-refractivity contribution in [2.24, 2.45) is 0 Å². The number of para-hydroxylation sites is 6. The smallest absolute Gasteiger partial charge is 0.237 e. The van der Waals surface area contributed by atoms with Gasteiger partial charge in [0.1, 0.15) is 11.1 Å². The molecule has 6 heterocycles. The average Bonchev–Trinajstić information content (AvgIpc) is 3.99. The topological polar surface area (TPSA) is 53.7 Å². The predicted octanol–water partition coefficient (Wildman–Crippen LogP) is 13.3. The molecule has 13 aromatic rings. The second-order valence-electron chi connectivity index (χ2n) is 15.3. The maximum Gasteiger partial charge on any atom is 0.237 e. The molecule has 0 amide bonds. The summed E-state index contributed by atoms with van der Waals surface area (Å²) in [7, 11) is 0. The summed E-state index contributed by atoms with van der Waals surface area (Å²) in [6.07, 6.45) is 0. The maximum absolute atomic E-state index is 6.70. The lowest BCUT2D eigenvalue weighted by molar-refractivity contribution is 0.661. The molecule has 58 heavy (non-hydrogen) atoms. The molecule has 6 heteroatoms. The highest BCUT2D eigenvalue weighted by atomic mass is 16.3. The number of fused-ring (bicyclic) bond motifs is 17. The fraction of sp³-hybridized carbons (Fsp3) is 0. The number of benzene rings is 8. The van der Waals surface area contributed by atoms with Crippen LogP contribution in [0.5, 0.6) is 0 Å². The van der Waals surface area contributed by atoms with E-state index in [9.17, 15) is 0 Å². The first-order valence-corrected chi connectivity index (χ1v) is 19.7. The van der Waals surface area contributed by atoms with E-state index in [0.717, 1.165) is 60.1 Å². The highest BCUT2D eigenvalue weighted by Crippen LogP contribution is 2.48. The van der Waals surface area contributed by atoms with E-state index in [1.54, 1.807) is 0 Å². The molecule has 0 spiro atoms. The summed E-state index contributed by atoms with van der Waals surface area (Å²) >= 11 is 0. The molecule has 14 rings (SSSR count). The molecule has 0 atom stereocenters. The summed E-state index contributed by atoms with van der Waals surface area (Å²) in [4.78, 5) is 11.0. The first-order valence-electron chi connectivity index (χ1n) is 19.7. The van der Waals surface area contributed by atoms with Crippen molar-refractivity contribution in [3.05, 3.63) is 176 Å². The molecule has 1 aliphatic heterocycles. The van der Waals surface area contributed by atoms with Crippen LogP contribution < -0.4 is 0 Å². The number of furan rings is 1. The molecule has 0 unspecified atom stereocenters. The Bertz CT molecular complexity index is 3880. The van der Waals surface area contributed by atoms with E-state index >= 15 is 0 Å². The Morgan fingerprint density at radius 1 is 0.362 bits per heavy atom. The zero-order valence-corrected chi connectivity index (χ0v) is 30.9. The largest absolute Gasteiger partial charge is 0.450 e. The fourth-order valence-corrected chi connectivity index (χ4v) is 10.0. The average molecular weight is 740 g/mol. The van der Waals surface area contributed by atoms with Crippen LogP contribution in [0.3, 0.4) is 0 Å². The monoisotopic (exact) mass is 739 g/mol. The van der Waals surface area contributed by atoms with E-state index in [1.807, 2.05) is 18.2 Å². The van der Waals surface area contributed by atoms with Gasteiger partial charge in [0, 0.05) is 48.8 Å². The molecule has 268 valence electrons. The Balaban J connectivity index is 1.14. The van der Waals surface area contributed by atoms with Crippen molar-refractivity contribution < 1.29 is 4.42 Å². The van der Waals surface area contributed by atoms with Crippen LogP contribution in [0.4, 0.5) is 0 Å². The van der Waals surface area contributed by atoms with Crippen molar-refractivity contribution in [2.45, 2.75) is 0 Å². The fourth-order valence-electron chi connectivity index (χ4n) is 10.0. The van der Waals surface area contributed by atoms with E-state index in [2.05, 4.69) is 171 Å². The standard InChI is InChI=1S/C52H29N5O/c1-2-15-31-30(14-1)32-16-3-8-23-41(32)55-45-28-39-35-19-6-11-26-44(35)57(46(39)29-40(45)37-22-13-21-36(31)49(37)55)52-53-48-38-20-7-12-27-47(38)58-50(48)51(54-52)56-42-24-9-4-17-33(42)34-18-5-10-25-43(34)56/h1-29H. The third-order valence-electron chi connectivity index (χ3n) is 12.4. The molecular formula is C52H29N5O. The third kappa shape index (κ3) is 3.76. The lowest BCUT2D eigenvalue weighted by Gasteiger charge is -2.13. The van der Waals surface area contributed by atoms with E-state index in [-0.39, 0.29) is 0 Å². The first-order chi connectivity index (χ1) is 28.8. The van der Waals surface area contributed by atoms with Gasteiger partial charge < -0.3 is 8.98 Å². The van der Waals surface area contributed by atoms with Gasteiger partial charge in [-0.2, -0.15) is 4.98 Å². The van der Waals surface area contributed by atoms with Crippen molar-refractivity contribution in [2.75, 3.05) is 0 Å². The van der Waals surface area contributed by atoms with Crippen LogP contribution in [0.15, 0.2) is 180 Å². The molecule has 0 fully saturated rings. The van der Waals surface area contributed by atoms with Gasteiger partial charge >= 0.3 is 0 Å². The molecule has 0 bridgehead atoms. The van der Waals surface area contributed by atoms with Gasteiger partial charge in [-0.15, -0.1) is 0 Å². The molecule has 6 nitrogen and oxygen atoms in total. The Labute approximate surface area is 330 Å². The molecule has 0 radical (unpaired) electrons. The quantitative estimate of drug-likeness (QED) is 0.177. The summed E-state index contributed by atoms with van der Waals surface area (Å²) < 4.78 is 13.7. The first kappa shape index (κ1) is 30.3. The zero-order valence-electron chi connectivity index (χ0n) is 30.9. The van der Waals surface area contributed by atoms with E-state index in [4.69, 9.17) is 14.4 Å². The number of hydrogen-bond donors (Lipinski definition) is 0. The summed E-state index contributed by atoms with van der Waals surface area (Å²) in [5.74, 6) is 1.30. The number of rotatable bonds is 2. The van der Waals surface area contributed by atoms with Crippen molar-refractivity contribution in [3.63, 3.8) is 0 Å². The van der Waals surface area contributed by atoms with Crippen molar-refractivity contribution in [1.29, 1.82) is 0 Å². The Morgan fingerprint density at radius 2 is 0.879 bits per heavy atom. The van der Waals surface area contributed by atoms with Crippen LogP contribution in [0.2, 0.25) is 0 Å². The van der Waals surface area contributed by atoms with Gasteiger partial charge in [-0.05, 0) is 59.7 Å². The number of hydrogen-bond acceptors (Lipinski definition) is 3. The Hall–Kier alpha value is -7.96. The Kier molecular flexibility index (Phi) is 5.68. The number of nitrogens with zero attached hydrogens (tertiary/aromatic N) is 5. The molecule has 5 aromatic heterocycles. The van der Waals surface area contributed by atoms with Gasteiger partial charge in [-0.3, -0.25) is 9.13 Å². The summed E-state index contributed by atoms with van der Waals surface area (Å²) in [6.45, 7) is 0. The molecule has 0 aliphatic carbocycles. The van der Waals surface area contributed by atoms with Gasteiger partial charge in [-0.25, -0.2) is 4.98 Å². The minimum absolute atomic E-state index is 0.589. The minimum Gasteiger partial charge on any atom is -0.450 e. The van der Waals surface area contributed by atoms with E-state index in [0.29, 0.717) is 17.3 Å². The maximum atomic E-state index is 6.70. The van der Waals surface area contributed by atoms with Crippen molar-refractivity contribution >= 4 is 87.5 Å². The third-order valence-corrected chi connectivity index (χ3v) is 12.4. The predicted molar refractivity (Wildman–Crippen MR) is 237 cm³/mol. The molecule has 8 aromatic carbocycles. The van der Waals surface area contributed by atoms with Gasteiger partial charge in [0.05, 0.1) is 38.8 Å². The summed E-state index contributed by atoms with van der Waals surface area (Å²) in [5, 5.41) is 7.95. The minimum atomic E-state index is 0.589. The van der Waals surface area contributed by atoms with Crippen LogP contribution >= 0.6 is 0 Å². The van der Waals surface area contributed by atoms with E-state index < -0.39 is 0 Å². The van der Waals surface area contributed by atoms with E-state index in [1.165, 1.54) is 49.7 Å². The SMILES string of the molecule is c1ccc2c(c1)-c1ccccc1-n1c3cc4c5ccccc5n(-c5nc(-n6c7ccccc7c7ccccc76)c6oc7ccccc7c6n5)c4cc3c3cccc-2c31. The van der Waals surface area contributed by atoms with Gasteiger partial charge in [0.25, 0.3) is 0 Å². The van der Waals surface area contributed by atoms with Crippen molar-refractivity contribution in [3.8, 4) is 39.7 Å². The molecule has 0 saturated heterocycles. The lowest BCUT2D eigenvalue weighted by atomic mass is 9.94. The van der Waals surface area contributed by atoms with Gasteiger partial charge in [0.2, 0.25) is 5.95 Å². The van der Waals surface area contributed by atoms with Gasteiger partial charge in [-0.1, -0.05) is 127 Å². The van der Waals surface area contributed by atoms with Crippen LogP contribution in [-0.4, -0.2) is 23.7 Å². The molecular weight excluding hydrogens is 711 g/mol. The zero-order chi connectivity index (χ0) is 37.6. The van der Waals surface area contributed by atoms with Crippen LogP contribution in [0.25, 0.3) is 127 Å². The molecule has 0 saturated carbocycles. The Morgan fingerprint density at radius 3 is 1.62 bits per heavy atom. The highest BCUT2D eigenvalue weighted by Gasteiger charge is 2.27. The highest BCUT2D eigenvalue weighted by molar-refractivity contribution is 6.22.